The van der Waals surface area contributed by atoms with E-state index in [-0.39, 0.29) is 5.97 Å². The van der Waals surface area contributed by atoms with E-state index in [4.69, 9.17) is 4.74 Å². The number of carbonyl (C=O) groups is 1. The number of hydrogen-bond donors (Lipinski definition) is 0. The van der Waals surface area contributed by atoms with Gasteiger partial charge >= 0.3 is 5.97 Å². The lowest BCUT2D eigenvalue weighted by Gasteiger charge is -1.99. The standard InChI is InChI=1S/C11H12O3/c1-10(12)14-8-7-13-9-11-5-3-2-4-6-11/h2-8H,9H2,1H3/b8-7-. The maximum atomic E-state index is 10.3. The lowest BCUT2D eigenvalue weighted by atomic mass is 10.2. The van der Waals surface area contributed by atoms with Gasteiger partial charge < -0.3 is 9.47 Å². The Balaban J connectivity index is 2.22. The minimum absolute atomic E-state index is 0.357. The minimum Gasteiger partial charge on any atom is -0.493 e. The van der Waals surface area contributed by atoms with Crippen molar-refractivity contribution >= 4 is 5.97 Å². The molecule has 1 aromatic carbocycles. The highest BCUT2D eigenvalue weighted by Gasteiger charge is 1.88. The van der Waals surface area contributed by atoms with E-state index in [1.165, 1.54) is 19.4 Å². The predicted octanol–water partition coefficient (Wildman–Crippen LogP) is 2.24. The van der Waals surface area contributed by atoms with Crippen LogP contribution in [0.2, 0.25) is 0 Å². The molecule has 0 aliphatic carbocycles. The Morgan fingerprint density at radius 1 is 1.29 bits per heavy atom. The third-order valence-corrected chi connectivity index (χ3v) is 1.48. The summed E-state index contributed by atoms with van der Waals surface area (Å²) in [6, 6.07) is 9.74. The molecule has 0 saturated carbocycles. The predicted molar refractivity (Wildman–Crippen MR) is 52.1 cm³/mol. The van der Waals surface area contributed by atoms with Crippen LogP contribution in [-0.2, 0) is 20.9 Å². The van der Waals surface area contributed by atoms with Gasteiger partial charge in [-0.15, -0.1) is 0 Å². The van der Waals surface area contributed by atoms with Gasteiger partial charge in [0.1, 0.15) is 19.1 Å². The van der Waals surface area contributed by atoms with E-state index in [0.717, 1.165) is 5.56 Å². The molecule has 0 N–H and O–H groups in total. The molecule has 3 nitrogen and oxygen atoms in total. The average molecular weight is 192 g/mol. The molecular weight excluding hydrogens is 180 g/mol. The SMILES string of the molecule is CC(=O)O/C=C\OCc1ccccc1. The molecular formula is C11H12O3. The molecule has 0 unspecified atom stereocenters. The lowest BCUT2D eigenvalue weighted by Crippen LogP contribution is -1.90. The van der Waals surface area contributed by atoms with Gasteiger partial charge in [0, 0.05) is 6.92 Å². The van der Waals surface area contributed by atoms with Gasteiger partial charge in [0.25, 0.3) is 0 Å². The monoisotopic (exact) mass is 192 g/mol. The van der Waals surface area contributed by atoms with E-state index in [9.17, 15) is 4.79 Å². The fourth-order valence-electron chi connectivity index (χ4n) is 0.881. The molecule has 0 heterocycles. The molecule has 0 aliphatic heterocycles. The largest absolute Gasteiger partial charge is 0.493 e. The van der Waals surface area contributed by atoms with Gasteiger partial charge in [0.15, 0.2) is 0 Å². The highest BCUT2D eigenvalue weighted by atomic mass is 16.5. The highest BCUT2D eigenvalue weighted by Crippen LogP contribution is 2.00. The van der Waals surface area contributed by atoms with Crippen molar-refractivity contribution in [3.63, 3.8) is 0 Å². The third-order valence-electron chi connectivity index (χ3n) is 1.48. The first kappa shape index (κ1) is 10.3. The van der Waals surface area contributed by atoms with Gasteiger partial charge in [-0.2, -0.15) is 0 Å². The fraction of sp³-hybridized carbons (Fsp3) is 0.182. The van der Waals surface area contributed by atoms with Crippen LogP contribution in [0.4, 0.5) is 0 Å². The van der Waals surface area contributed by atoms with E-state index in [0.29, 0.717) is 6.61 Å². The summed E-state index contributed by atoms with van der Waals surface area (Å²) in [7, 11) is 0. The van der Waals surface area contributed by atoms with Gasteiger partial charge in [-0.25, -0.2) is 0 Å². The maximum absolute atomic E-state index is 10.3. The van der Waals surface area contributed by atoms with E-state index in [2.05, 4.69) is 4.74 Å². The van der Waals surface area contributed by atoms with Gasteiger partial charge in [-0.1, -0.05) is 30.3 Å². The van der Waals surface area contributed by atoms with Crippen molar-refractivity contribution in [2.24, 2.45) is 0 Å². The first-order chi connectivity index (χ1) is 6.79. The summed E-state index contributed by atoms with van der Waals surface area (Å²) < 4.78 is 9.65. The van der Waals surface area contributed by atoms with E-state index >= 15 is 0 Å². The molecule has 3 heteroatoms. The van der Waals surface area contributed by atoms with E-state index in [1.807, 2.05) is 30.3 Å². The van der Waals surface area contributed by atoms with Gasteiger partial charge in [-0.3, -0.25) is 4.79 Å². The summed E-state index contributed by atoms with van der Waals surface area (Å²) in [5.41, 5.74) is 1.07. The molecule has 0 saturated heterocycles. The van der Waals surface area contributed by atoms with Crippen molar-refractivity contribution in [2.45, 2.75) is 13.5 Å². The Kier molecular flexibility index (Phi) is 4.27. The van der Waals surface area contributed by atoms with Gasteiger partial charge in [-0.05, 0) is 5.56 Å². The molecule has 0 fully saturated rings. The molecule has 1 rings (SSSR count). The van der Waals surface area contributed by atoms with Crippen LogP contribution in [0.1, 0.15) is 12.5 Å². The molecule has 74 valence electrons. The van der Waals surface area contributed by atoms with Crippen LogP contribution in [0.25, 0.3) is 0 Å². The van der Waals surface area contributed by atoms with Gasteiger partial charge in [0.05, 0.1) is 0 Å². The van der Waals surface area contributed by atoms with Gasteiger partial charge in [0.2, 0.25) is 0 Å². The van der Waals surface area contributed by atoms with Crippen LogP contribution >= 0.6 is 0 Å². The van der Waals surface area contributed by atoms with Crippen LogP contribution in [0, 0.1) is 0 Å². The second-order valence-electron chi connectivity index (χ2n) is 2.68. The molecule has 0 aromatic heterocycles. The quantitative estimate of drug-likeness (QED) is 0.542. The molecule has 14 heavy (non-hydrogen) atoms. The number of hydrogen-bond acceptors (Lipinski definition) is 3. The smallest absolute Gasteiger partial charge is 0.307 e. The summed E-state index contributed by atoms with van der Waals surface area (Å²) >= 11 is 0. The Hall–Kier alpha value is -1.77. The van der Waals surface area contributed by atoms with Crippen LogP contribution in [-0.4, -0.2) is 5.97 Å². The zero-order chi connectivity index (χ0) is 10.2. The van der Waals surface area contributed by atoms with Crippen molar-refractivity contribution in [3.8, 4) is 0 Å². The fourth-order valence-corrected chi connectivity index (χ4v) is 0.881. The molecule has 0 spiro atoms. The number of carbonyl (C=O) groups excluding carboxylic acids is 1. The molecule has 0 aliphatic rings. The zero-order valence-corrected chi connectivity index (χ0v) is 7.97. The molecule has 0 radical (unpaired) electrons. The van der Waals surface area contributed by atoms with Crippen LogP contribution in [0.15, 0.2) is 42.9 Å². The number of rotatable bonds is 4. The Morgan fingerprint density at radius 2 is 2.00 bits per heavy atom. The Morgan fingerprint density at radius 3 is 2.64 bits per heavy atom. The lowest BCUT2D eigenvalue weighted by molar-refractivity contribution is -0.135. The third kappa shape index (κ3) is 4.30. The minimum atomic E-state index is -0.357. The normalized spacial score (nSPS) is 10.1. The van der Waals surface area contributed by atoms with Crippen molar-refractivity contribution in [2.75, 3.05) is 0 Å². The summed E-state index contributed by atoms with van der Waals surface area (Å²) in [4.78, 5) is 10.3. The van der Waals surface area contributed by atoms with Crippen LogP contribution in [0.5, 0.6) is 0 Å². The molecule has 0 amide bonds. The number of esters is 1. The second-order valence-corrected chi connectivity index (χ2v) is 2.68. The molecule has 1 aromatic rings. The average Bonchev–Trinajstić information content (AvgIpc) is 2.18. The number of ether oxygens (including phenoxy) is 2. The zero-order valence-electron chi connectivity index (χ0n) is 7.97. The Labute approximate surface area is 83.0 Å². The second kappa shape index (κ2) is 5.80. The summed E-state index contributed by atoms with van der Waals surface area (Å²) in [5, 5.41) is 0. The van der Waals surface area contributed by atoms with Crippen LogP contribution in [0.3, 0.4) is 0 Å². The first-order valence-electron chi connectivity index (χ1n) is 4.27. The maximum Gasteiger partial charge on any atom is 0.307 e. The number of benzene rings is 1. The highest BCUT2D eigenvalue weighted by molar-refractivity contribution is 5.66. The topological polar surface area (TPSA) is 35.5 Å². The molecule has 0 atom stereocenters. The van der Waals surface area contributed by atoms with Crippen molar-refractivity contribution in [1.82, 2.24) is 0 Å². The van der Waals surface area contributed by atoms with Crippen molar-refractivity contribution in [1.29, 1.82) is 0 Å². The van der Waals surface area contributed by atoms with Crippen LogP contribution < -0.4 is 0 Å². The molecule has 0 bridgehead atoms. The summed E-state index contributed by atoms with van der Waals surface area (Å²) in [5.74, 6) is -0.357. The first-order valence-corrected chi connectivity index (χ1v) is 4.27. The summed E-state index contributed by atoms with van der Waals surface area (Å²) in [6.45, 7) is 1.81. The van der Waals surface area contributed by atoms with Crippen molar-refractivity contribution < 1.29 is 14.3 Å². The van der Waals surface area contributed by atoms with E-state index in [1.54, 1.807) is 0 Å². The summed E-state index contributed by atoms with van der Waals surface area (Å²) in [6.07, 6.45) is 2.58. The van der Waals surface area contributed by atoms with E-state index < -0.39 is 0 Å². The van der Waals surface area contributed by atoms with Crippen molar-refractivity contribution in [3.05, 3.63) is 48.4 Å². The Bertz CT molecular complexity index is 304.